The molecule has 0 spiro atoms. The minimum Gasteiger partial charge on any atom is -0.481 e. The van der Waals surface area contributed by atoms with Crippen molar-refractivity contribution in [1.29, 1.82) is 0 Å². The lowest BCUT2D eigenvalue weighted by atomic mass is 9.80. The maximum Gasteiger partial charge on any atom is 0.407 e. The Bertz CT molecular complexity index is 1040. The van der Waals surface area contributed by atoms with Crippen LogP contribution < -0.4 is 15.8 Å². The molecule has 7 nitrogen and oxygen atoms in total. The van der Waals surface area contributed by atoms with Gasteiger partial charge in [0.05, 0.1) is 18.1 Å². The van der Waals surface area contributed by atoms with Gasteiger partial charge in [-0.05, 0) is 61.3 Å². The number of amides is 1. The number of aromatic nitrogens is 2. The summed E-state index contributed by atoms with van der Waals surface area (Å²) in [6.07, 6.45) is 5.95. The van der Waals surface area contributed by atoms with Crippen molar-refractivity contribution in [3.8, 4) is 5.88 Å². The number of nitrogens with zero attached hydrogens (tertiary/aromatic N) is 2. The Labute approximate surface area is 188 Å². The van der Waals surface area contributed by atoms with Gasteiger partial charge in [0, 0.05) is 24.3 Å². The van der Waals surface area contributed by atoms with Crippen LogP contribution in [0.4, 0.5) is 4.79 Å². The van der Waals surface area contributed by atoms with Crippen LogP contribution in [0.25, 0.3) is 11.0 Å². The molecule has 7 heteroatoms. The lowest BCUT2D eigenvalue weighted by Gasteiger charge is -2.32. The Balaban J connectivity index is 1.27. The average molecular weight is 435 g/mol. The Hall–Kier alpha value is -3.19. The number of pyridine rings is 2. The third-order valence-corrected chi connectivity index (χ3v) is 6.22. The number of methoxy groups -OCH3 is 1. The normalized spacial score (nSPS) is 19.3. The second-order valence-electron chi connectivity index (χ2n) is 8.38. The van der Waals surface area contributed by atoms with E-state index in [1.54, 1.807) is 13.3 Å². The Morgan fingerprint density at radius 2 is 1.91 bits per heavy atom. The van der Waals surface area contributed by atoms with E-state index in [1.165, 1.54) is 0 Å². The highest BCUT2D eigenvalue weighted by Crippen LogP contribution is 2.29. The van der Waals surface area contributed by atoms with Crippen LogP contribution in [0.15, 0.2) is 54.7 Å². The van der Waals surface area contributed by atoms with Gasteiger partial charge in [-0.25, -0.2) is 9.78 Å². The van der Waals surface area contributed by atoms with E-state index in [2.05, 4.69) is 15.3 Å². The highest BCUT2D eigenvalue weighted by Gasteiger charge is 2.27. The van der Waals surface area contributed by atoms with Gasteiger partial charge in [0.25, 0.3) is 0 Å². The second-order valence-corrected chi connectivity index (χ2v) is 8.38. The quantitative estimate of drug-likeness (QED) is 0.583. The molecule has 0 unspecified atom stereocenters. The third-order valence-electron chi connectivity index (χ3n) is 6.22. The molecule has 2 aromatic heterocycles. The molecule has 1 aliphatic carbocycles. The minimum atomic E-state index is -0.357. The molecule has 1 saturated carbocycles. The van der Waals surface area contributed by atoms with Crippen molar-refractivity contribution in [2.45, 2.75) is 50.8 Å². The van der Waals surface area contributed by atoms with E-state index in [9.17, 15) is 4.79 Å². The first-order chi connectivity index (χ1) is 15.6. The molecule has 1 aromatic carbocycles. The molecule has 32 heavy (non-hydrogen) atoms. The van der Waals surface area contributed by atoms with E-state index in [-0.39, 0.29) is 24.8 Å². The van der Waals surface area contributed by atoms with Gasteiger partial charge < -0.3 is 20.5 Å². The highest BCUT2D eigenvalue weighted by molar-refractivity contribution is 5.78. The van der Waals surface area contributed by atoms with Gasteiger partial charge in [0.1, 0.15) is 6.61 Å². The van der Waals surface area contributed by atoms with E-state index in [4.69, 9.17) is 15.2 Å². The summed E-state index contributed by atoms with van der Waals surface area (Å²) >= 11 is 0. The lowest BCUT2D eigenvalue weighted by Crippen LogP contribution is -2.42. The topological polar surface area (TPSA) is 99.4 Å². The number of nitrogens with one attached hydrogen (secondary N) is 1. The summed E-state index contributed by atoms with van der Waals surface area (Å²) in [5.74, 6) is 0.980. The van der Waals surface area contributed by atoms with Crippen LogP contribution in [0.2, 0.25) is 0 Å². The van der Waals surface area contributed by atoms with Gasteiger partial charge in [-0.3, -0.25) is 4.98 Å². The van der Waals surface area contributed by atoms with Gasteiger partial charge in [0.2, 0.25) is 5.88 Å². The predicted octanol–water partition coefficient (Wildman–Crippen LogP) is 3.99. The second kappa shape index (κ2) is 10.4. The van der Waals surface area contributed by atoms with Crippen LogP contribution in [0, 0.1) is 5.92 Å². The van der Waals surface area contributed by atoms with Gasteiger partial charge in [-0.15, -0.1) is 0 Å². The first-order valence-corrected chi connectivity index (χ1v) is 11.1. The molecule has 1 atom stereocenters. The molecular formula is C25H30N4O3. The molecule has 168 valence electrons. The minimum absolute atomic E-state index is 0.0274. The molecule has 4 rings (SSSR count). The summed E-state index contributed by atoms with van der Waals surface area (Å²) in [6, 6.07) is 15.6. The fourth-order valence-electron chi connectivity index (χ4n) is 4.38. The van der Waals surface area contributed by atoms with Crippen molar-refractivity contribution in [3.63, 3.8) is 0 Å². The van der Waals surface area contributed by atoms with Crippen molar-refractivity contribution >= 4 is 17.1 Å². The fraction of sp³-hybridized carbons (Fsp3) is 0.400. The van der Waals surface area contributed by atoms with Crippen LogP contribution in [-0.2, 0) is 17.8 Å². The number of benzene rings is 1. The van der Waals surface area contributed by atoms with Crippen molar-refractivity contribution in [2.24, 2.45) is 11.7 Å². The third kappa shape index (κ3) is 5.53. The average Bonchev–Trinajstić information content (AvgIpc) is 2.84. The number of fused-ring (bicyclic) bond motifs is 1. The van der Waals surface area contributed by atoms with E-state index >= 15 is 0 Å². The van der Waals surface area contributed by atoms with Gasteiger partial charge in [0.15, 0.2) is 0 Å². The first-order valence-electron chi connectivity index (χ1n) is 11.1. The monoisotopic (exact) mass is 434 g/mol. The Morgan fingerprint density at radius 3 is 2.66 bits per heavy atom. The van der Waals surface area contributed by atoms with Crippen molar-refractivity contribution in [2.75, 3.05) is 7.11 Å². The number of carbonyl (C=O) groups excluding carboxylic acids is 1. The number of nitrogens with two attached hydrogens (primary N) is 1. The standard InChI is InChI=1S/C25H30N4O3/c1-31-23-12-11-22-24(29-23)19(13-14-27-22)15-21(26)18-7-9-20(10-8-18)28-25(30)32-16-17-5-3-2-4-6-17/h2-6,11-14,18,20-21H,7-10,15-16,26H2,1H3,(H,28,30)/t18-,20-,21-/m0/s1. The first kappa shape index (κ1) is 22.0. The molecule has 2 heterocycles. The van der Waals surface area contributed by atoms with Gasteiger partial charge >= 0.3 is 6.09 Å². The van der Waals surface area contributed by atoms with E-state index in [0.717, 1.165) is 54.3 Å². The summed E-state index contributed by atoms with van der Waals surface area (Å²) in [5, 5.41) is 3.00. The lowest BCUT2D eigenvalue weighted by molar-refractivity contribution is 0.130. The molecule has 0 radical (unpaired) electrons. The maximum atomic E-state index is 12.1. The number of hydrogen-bond donors (Lipinski definition) is 2. The van der Waals surface area contributed by atoms with Crippen LogP contribution in [0.3, 0.4) is 0 Å². The zero-order chi connectivity index (χ0) is 22.3. The number of hydrogen-bond acceptors (Lipinski definition) is 6. The van der Waals surface area contributed by atoms with Crippen LogP contribution >= 0.6 is 0 Å². The van der Waals surface area contributed by atoms with Gasteiger partial charge in [-0.2, -0.15) is 0 Å². The summed E-state index contributed by atoms with van der Waals surface area (Å²) in [4.78, 5) is 21.1. The molecule has 3 aromatic rings. The molecule has 1 fully saturated rings. The smallest absolute Gasteiger partial charge is 0.407 e. The highest BCUT2D eigenvalue weighted by atomic mass is 16.5. The van der Waals surface area contributed by atoms with E-state index in [1.807, 2.05) is 48.5 Å². The van der Waals surface area contributed by atoms with E-state index < -0.39 is 0 Å². The van der Waals surface area contributed by atoms with Crippen molar-refractivity contribution in [1.82, 2.24) is 15.3 Å². The molecule has 0 bridgehead atoms. The molecule has 1 aliphatic rings. The number of alkyl carbamates (subject to hydrolysis) is 1. The zero-order valence-electron chi connectivity index (χ0n) is 18.4. The van der Waals surface area contributed by atoms with Gasteiger partial charge in [-0.1, -0.05) is 30.3 Å². The number of ether oxygens (including phenoxy) is 2. The van der Waals surface area contributed by atoms with Crippen molar-refractivity contribution in [3.05, 3.63) is 65.9 Å². The van der Waals surface area contributed by atoms with Crippen LogP contribution in [0.5, 0.6) is 5.88 Å². The van der Waals surface area contributed by atoms with Crippen LogP contribution in [0.1, 0.15) is 36.8 Å². The summed E-state index contributed by atoms with van der Waals surface area (Å²) in [6.45, 7) is 0.283. The summed E-state index contributed by atoms with van der Waals surface area (Å²) < 4.78 is 10.6. The fourth-order valence-corrected chi connectivity index (χ4v) is 4.38. The molecule has 1 amide bonds. The number of carbonyl (C=O) groups is 1. The van der Waals surface area contributed by atoms with E-state index in [0.29, 0.717) is 11.8 Å². The Kier molecular flexibility index (Phi) is 7.17. The SMILES string of the molecule is COc1ccc2nccc(C[C@H](N)[C@H]3CC[C@H](NC(=O)OCc4ccccc4)CC3)c2n1. The molecule has 0 aliphatic heterocycles. The molecular weight excluding hydrogens is 404 g/mol. The Morgan fingerprint density at radius 1 is 1.12 bits per heavy atom. The zero-order valence-corrected chi connectivity index (χ0v) is 18.4. The molecule has 0 saturated heterocycles. The molecule has 3 N–H and O–H groups in total. The van der Waals surface area contributed by atoms with Crippen molar-refractivity contribution < 1.29 is 14.3 Å². The largest absolute Gasteiger partial charge is 0.481 e. The summed E-state index contributed by atoms with van der Waals surface area (Å²) in [7, 11) is 1.61. The predicted molar refractivity (Wildman–Crippen MR) is 123 cm³/mol. The maximum absolute atomic E-state index is 12.1. The number of rotatable bonds is 7. The van der Waals surface area contributed by atoms with Crippen LogP contribution in [-0.4, -0.2) is 35.3 Å². The summed E-state index contributed by atoms with van der Waals surface area (Å²) in [5.41, 5.74) is 10.4.